The number of nitrogens with zero attached hydrogens (tertiary/aromatic N) is 2. The molecule has 0 bridgehead atoms. The van der Waals surface area contributed by atoms with Crippen molar-refractivity contribution >= 4 is 0 Å². The lowest BCUT2D eigenvalue weighted by molar-refractivity contribution is 0.619. The number of aromatic nitrogens is 2. The highest BCUT2D eigenvalue weighted by molar-refractivity contribution is 5.30. The molecule has 3 nitrogen and oxygen atoms in total. The monoisotopic (exact) mass is 227 g/mol. The summed E-state index contributed by atoms with van der Waals surface area (Å²) in [4.78, 5) is 0. The fourth-order valence-corrected chi connectivity index (χ4v) is 1.53. The Balaban J connectivity index is 2.04. The predicted octanol–water partition coefficient (Wildman–Crippen LogP) is 2.54. The van der Waals surface area contributed by atoms with E-state index in [9.17, 15) is 0 Å². The van der Waals surface area contributed by atoms with Crippen LogP contribution in [0.2, 0.25) is 0 Å². The zero-order chi connectivity index (χ0) is 12.1. The van der Waals surface area contributed by atoms with Gasteiger partial charge in [0.25, 0.3) is 0 Å². The Labute approximate surface area is 102 Å². The minimum Gasteiger partial charge on any atom is -0.305 e. The molecule has 17 heavy (non-hydrogen) atoms. The zero-order valence-corrected chi connectivity index (χ0v) is 10.0. The SMILES string of the molecule is C=CC(C)NCc1ccn(-c2ccccc2)n1. The molecule has 2 aromatic rings. The van der Waals surface area contributed by atoms with E-state index in [1.807, 2.05) is 53.4 Å². The van der Waals surface area contributed by atoms with Crippen LogP contribution in [-0.2, 0) is 6.54 Å². The van der Waals surface area contributed by atoms with Gasteiger partial charge in [-0.05, 0) is 25.1 Å². The molecule has 88 valence electrons. The van der Waals surface area contributed by atoms with E-state index in [0.717, 1.165) is 17.9 Å². The maximum Gasteiger partial charge on any atom is 0.0767 e. The average molecular weight is 227 g/mol. The van der Waals surface area contributed by atoms with Crippen molar-refractivity contribution in [3.05, 3.63) is 60.9 Å². The summed E-state index contributed by atoms with van der Waals surface area (Å²) in [5, 5.41) is 7.83. The van der Waals surface area contributed by atoms with Crippen LogP contribution in [0.25, 0.3) is 5.69 Å². The predicted molar refractivity (Wildman–Crippen MR) is 70.1 cm³/mol. The molecule has 1 atom stereocenters. The van der Waals surface area contributed by atoms with Gasteiger partial charge in [-0.2, -0.15) is 5.10 Å². The highest BCUT2D eigenvalue weighted by atomic mass is 15.3. The lowest BCUT2D eigenvalue weighted by Gasteiger charge is -2.06. The molecule has 0 fully saturated rings. The maximum absolute atomic E-state index is 4.51. The standard InChI is InChI=1S/C14H17N3/c1-3-12(2)15-11-13-9-10-17(16-13)14-7-5-4-6-8-14/h3-10,12,15H,1,11H2,2H3. The molecule has 0 amide bonds. The van der Waals surface area contributed by atoms with Crippen molar-refractivity contribution in [2.75, 3.05) is 0 Å². The average Bonchev–Trinajstić information content (AvgIpc) is 2.86. The summed E-state index contributed by atoms with van der Waals surface area (Å²) in [7, 11) is 0. The Morgan fingerprint density at radius 2 is 2.12 bits per heavy atom. The molecule has 0 aliphatic heterocycles. The normalized spacial score (nSPS) is 12.3. The van der Waals surface area contributed by atoms with E-state index in [-0.39, 0.29) is 0 Å². The van der Waals surface area contributed by atoms with Crippen molar-refractivity contribution in [3.63, 3.8) is 0 Å². The lowest BCUT2D eigenvalue weighted by atomic mass is 10.3. The summed E-state index contributed by atoms with van der Waals surface area (Å²) < 4.78 is 1.88. The fourth-order valence-electron chi connectivity index (χ4n) is 1.53. The van der Waals surface area contributed by atoms with E-state index in [4.69, 9.17) is 0 Å². The molecule has 1 unspecified atom stereocenters. The van der Waals surface area contributed by atoms with Crippen LogP contribution in [0.15, 0.2) is 55.3 Å². The van der Waals surface area contributed by atoms with Gasteiger partial charge in [-0.25, -0.2) is 4.68 Å². The summed E-state index contributed by atoms with van der Waals surface area (Å²) in [6.07, 6.45) is 3.86. The third-order valence-electron chi connectivity index (χ3n) is 2.62. The van der Waals surface area contributed by atoms with Crippen LogP contribution in [0.4, 0.5) is 0 Å². The van der Waals surface area contributed by atoms with Crippen LogP contribution in [0.5, 0.6) is 0 Å². The van der Waals surface area contributed by atoms with Crippen LogP contribution in [-0.4, -0.2) is 15.8 Å². The molecule has 0 spiro atoms. The second-order valence-corrected chi connectivity index (χ2v) is 3.99. The number of hydrogen-bond acceptors (Lipinski definition) is 2. The first-order valence-electron chi connectivity index (χ1n) is 5.75. The van der Waals surface area contributed by atoms with E-state index in [1.165, 1.54) is 0 Å². The quantitative estimate of drug-likeness (QED) is 0.795. The minimum absolute atomic E-state index is 0.303. The molecule has 3 heteroatoms. The first-order chi connectivity index (χ1) is 8.29. The van der Waals surface area contributed by atoms with Crippen molar-refractivity contribution < 1.29 is 0 Å². The fraction of sp³-hybridized carbons (Fsp3) is 0.214. The van der Waals surface area contributed by atoms with Gasteiger partial charge in [0.1, 0.15) is 0 Å². The first-order valence-corrected chi connectivity index (χ1v) is 5.75. The van der Waals surface area contributed by atoms with E-state index in [1.54, 1.807) is 0 Å². The molecule has 1 heterocycles. The van der Waals surface area contributed by atoms with Gasteiger partial charge in [-0.1, -0.05) is 24.3 Å². The smallest absolute Gasteiger partial charge is 0.0767 e. The highest BCUT2D eigenvalue weighted by Gasteiger charge is 2.01. The Bertz CT molecular complexity index is 473. The number of para-hydroxylation sites is 1. The zero-order valence-electron chi connectivity index (χ0n) is 10.0. The Kier molecular flexibility index (Phi) is 3.73. The number of hydrogen-bond donors (Lipinski definition) is 1. The molecule has 0 saturated carbocycles. The summed E-state index contributed by atoms with van der Waals surface area (Å²) in [5.74, 6) is 0. The topological polar surface area (TPSA) is 29.9 Å². The van der Waals surface area contributed by atoms with Crippen LogP contribution in [0, 0.1) is 0 Å². The van der Waals surface area contributed by atoms with Crippen LogP contribution in [0.1, 0.15) is 12.6 Å². The lowest BCUT2D eigenvalue weighted by Crippen LogP contribution is -2.23. The molecule has 0 aliphatic rings. The van der Waals surface area contributed by atoms with Gasteiger partial charge in [0, 0.05) is 18.8 Å². The van der Waals surface area contributed by atoms with Crippen molar-refractivity contribution in [3.8, 4) is 5.69 Å². The van der Waals surface area contributed by atoms with Gasteiger partial charge in [0.15, 0.2) is 0 Å². The maximum atomic E-state index is 4.51. The molecule has 1 aromatic heterocycles. The number of benzene rings is 1. The third kappa shape index (κ3) is 3.04. The van der Waals surface area contributed by atoms with Crippen LogP contribution >= 0.6 is 0 Å². The van der Waals surface area contributed by atoms with Crippen molar-refractivity contribution in [1.29, 1.82) is 0 Å². The van der Waals surface area contributed by atoms with Gasteiger partial charge in [-0.3, -0.25) is 0 Å². The van der Waals surface area contributed by atoms with E-state index in [0.29, 0.717) is 6.04 Å². The van der Waals surface area contributed by atoms with Gasteiger partial charge in [0.05, 0.1) is 11.4 Å². The minimum atomic E-state index is 0.303. The van der Waals surface area contributed by atoms with Crippen LogP contribution in [0.3, 0.4) is 0 Å². The Morgan fingerprint density at radius 1 is 1.35 bits per heavy atom. The third-order valence-corrected chi connectivity index (χ3v) is 2.62. The van der Waals surface area contributed by atoms with E-state index < -0.39 is 0 Å². The Morgan fingerprint density at radius 3 is 2.82 bits per heavy atom. The van der Waals surface area contributed by atoms with Crippen molar-refractivity contribution in [2.45, 2.75) is 19.5 Å². The van der Waals surface area contributed by atoms with Crippen molar-refractivity contribution in [1.82, 2.24) is 15.1 Å². The highest BCUT2D eigenvalue weighted by Crippen LogP contribution is 2.06. The number of rotatable bonds is 5. The summed E-state index contributed by atoms with van der Waals surface area (Å²) in [6, 6.07) is 12.4. The van der Waals surface area contributed by atoms with E-state index in [2.05, 4.69) is 23.9 Å². The van der Waals surface area contributed by atoms with Gasteiger partial charge in [-0.15, -0.1) is 6.58 Å². The molecule has 2 rings (SSSR count). The van der Waals surface area contributed by atoms with Crippen molar-refractivity contribution in [2.24, 2.45) is 0 Å². The molecule has 0 radical (unpaired) electrons. The van der Waals surface area contributed by atoms with Gasteiger partial charge >= 0.3 is 0 Å². The summed E-state index contributed by atoms with van der Waals surface area (Å²) >= 11 is 0. The largest absolute Gasteiger partial charge is 0.305 e. The van der Waals surface area contributed by atoms with E-state index >= 15 is 0 Å². The molecule has 1 aromatic carbocycles. The summed E-state index contributed by atoms with van der Waals surface area (Å²) in [5.41, 5.74) is 2.11. The van der Waals surface area contributed by atoms with Crippen LogP contribution < -0.4 is 5.32 Å². The first kappa shape index (κ1) is 11.6. The molecule has 1 N–H and O–H groups in total. The molecule has 0 aliphatic carbocycles. The van der Waals surface area contributed by atoms with Gasteiger partial charge in [0.2, 0.25) is 0 Å². The second-order valence-electron chi connectivity index (χ2n) is 3.99. The van der Waals surface area contributed by atoms with Gasteiger partial charge < -0.3 is 5.32 Å². The second kappa shape index (κ2) is 5.46. The number of nitrogens with one attached hydrogen (secondary N) is 1. The molecule has 0 saturated heterocycles. The Hall–Kier alpha value is -1.87. The molecular weight excluding hydrogens is 210 g/mol. The molecular formula is C14H17N3. The summed E-state index contributed by atoms with van der Waals surface area (Å²) in [6.45, 7) is 6.57.